The molecule has 0 unspecified atom stereocenters. The summed E-state index contributed by atoms with van der Waals surface area (Å²) < 4.78 is 39.8. The summed E-state index contributed by atoms with van der Waals surface area (Å²) in [6.45, 7) is 0. The number of alkyl halides is 3. The molecule has 0 aliphatic carbocycles. The third-order valence-corrected chi connectivity index (χ3v) is 5.38. The molecule has 3 aromatic rings. The van der Waals surface area contributed by atoms with Gasteiger partial charge in [0.25, 0.3) is 11.7 Å². The molecule has 1 atom stereocenters. The van der Waals surface area contributed by atoms with Gasteiger partial charge >= 0.3 is 6.18 Å². The van der Waals surface area contributed by atoms with Gasteiger partial charge in [0.05, 0.1) is 17.2 Å². The maximum atomic E-state index is 13.3. The van der Waals surface area contributed by atoms with Gasteiger partial charge in [-0.05, 0) is 48.0 Å². The first-order valence-corrected chi connectivity index (χ1v) is 9.85. The van der Waals surface area contributed by atoms with Crippen molar-refractivity contribution in [2.75, 3.05) is 4.90 Å². The number of aliphatic hydroxyl groups excluding tert-OH is 1. The van der Waals surface area contributed by atoms with E-state index in [9.17, 15) is 27.9 Å². The molecule has 162 valence electrons. The van der Waals surface area contributed by atoms with Crippen LogP contribution in [0.15, 0.2) is 84.4 Å². The van der Waals surface area contributed by atoms with Gasteiger partial charge in [0.2, 0.25) is 0 Å². The minimum absolute atomic E-state index is 0.106. The summed E-state index contributed by atoms with van der Waals surface area (Å²) in [7, 11) is 0. The number of hydrogen-bond acceptors (Lipinski definition) is 3. The molecule has 4 nitrogen and oxygen atoms in total. The molecule has 4 rings (SSSR count). The normalized spacial score (nSPS) is 18.2. The Hall–Kier alpha value is -3.58. The summed E-state index contributed by atoms with van der Waals surface area (Å²) in [6.07, 6.45) is -4.63. The van der Waals surface area contributed by atoms with Crippen molar-refractivity contribution in [3.05, 3.63) is 106 Å². The van der Waals surface area contributed by atoms with Gasteiger partial charge in [0.15, 0.2) is 0 Å². The number of carbonyl (C=O) groups excluding carboxylic acids is 2. The van der Waals surface area contributed by atoms with E-state index in [0.29, 0.717) is 10.6 Å². The Kier molecular flexibility index (Phi) is 5.52. The van der Waals surface area contributed by atoms with Crippen LogP contribution < -0.4 is 4.90 Å². The zero-order valence-electron chi connectivity index (χ0n) is 16.3. The van der Waals surface area contributed by atoms with E-state index in [1.54, 1.807) is 30.3 Å². The number of rotatable bonds is 3. The monoisotopic (exact) mass is 457 g/mol. The number of nitrogens with zero attached hydrogens (tertiary/aromatic N) is 1. The minimum Gasteiger partial charge on any atom is -0.507 e. The Labute approximate surface area is 186 Å². The quantitative estimate of drug-likeness (QED) is 0.299. The molecule has 1 heterocycles. The van der Waals surface area contributed by atoms with Crippen LogP contribution in [0.25, 0.3) is 5.76 Å². The highest BCUT2D eigenvalue weighted by Crippen LogP contribution is 2.43. The van der Waals surface area contributed by atoms with Crippen molar-refractivity contribution in [3.63, 3.8) is 0 Å². The molecule has 1 aliphatic heterocycles. The average molecular weight is 458 g/mol. The summed E-state index contributed by atoms with van der Waals surface area (Å²) >= 11 is 5.89. The van der Waals surface area contributed by atoms with E-state index in [1.165, 1.54) is 36.4 Å². The Morgan fingerprint density at radius 1 is 0.906 bits per heavy atom. The van der Waals surface area contributed by atoms with Crippen LogP contribution in [-0.4, -0.2) is 16.8 Å². The third-order valence-electron chi connectivity index (χ3n) is 5.13. The van der Waals surface area contributed by atoms with E-state index in [4.69, 9.17) is 11.6 Å². The van der Waals surface area contributed by atoms with Gasteiger partial charge in [0.1, 0.15) is 5.76 Å². The summed E-state index contributed by atoms with van der Waals surface area (Å²) in [5.74, 6) is -2.47. The topological polar surface area (TPSA) is 57.6 Å². The number of Topliss-reactive ketones (excluding diaryl/α,β-unsaturated/α-hetero) is 1. The van der Waals surface area contributed by atoms with Crippen LogP contribution in [0.2, 0.25) is 5.02 Å². The van der Waals surface area contributed by atoms with Gasteiger partial charge in [-0.15, -0.1) is 0 Å². The lowest BCUT2D eigenvalue weighted by atomic mass is 9.95. The lowest BCUT2D eigenvalue weighted by molar-refractivity contribution is -0.137. The lowest BCUT2D eigenvalue weighted by Crippen LogP contribution is -2.29. The van der Waals surface area contributed by atoms with E-state index in [2.05, 4.69) is 0 Å². The van der Waals surface area contributed by atoms with E-state index >= 15 is 0 Å². The zero-order valence-corrected chi connectivity index (χ0v) is 17.1. The number of hydrogen-bond donors (Lipinski definition) is 1. The molecule has 1 N–H and O–H groups in total. The van der Waals surface area contributed by atoms with Crippen LogP contribution in [-0.2, 0) is 15.8 Å². The average Bonchev–Trinajstić information content (AvgIpc) is 3.04. The second-order valence-electron chi connectivity index (χ2n) is 7.13. The van der Waals surface area contributed by atoms with Gasteiger partial charge in [-0.2, -0.15) is 13.2 Å². The number of halogens is 4. The summed E-state index contributed by atoms with van der Waals surface area (Å²) in [5, 5.41) is 11.3. The van der Waals surface area contributed by atoms with Crippen LogP contribution in [0.3, 0.4) is 0 Å². The highest BCUT2D eigenvalue weighted by molar-refractivity contribution is 6.51. The maximum absolute atomic E-state index is 13.3. The molecular formula is C24H15ClF3NO3. The van der Waals surface area contributed by atoms with Crippen molar-refractivity contribution in [1.29, 1.82) is 0 Å². The minimum atomic E-state index is -4.63. The fraction of sp³-hybridized carbons (Fsp3) is 0.0833. The number of ketones is 1. The lowest BCUT2D eigenvalue weighted by Gasteiger charge is -2.26. The van der Waals surface area contributed by atoms with E-state index in [0.717, 1.165) is 17.0 Å². The Morgan fingerprint density at radius 3 is 2.19 bits per heavy atom. The summed E-state index contributed by atoms with van der Waals surface area (Å²) in [6, 6.07) is 17.4. The number of aliphatic hydroxyl groups is 1. The predicted molar refractivity (Wildman–Crippen MR) is 114 cm³/mol. The van der Waals surface area contributed by atoms with Crippen LogP contribution in [0.4, 0.5) is 18.9 Å². The van der Waals surface area contributed by atoms with Crippen LogP contribution in [0.5, 0.6) is 0 Å². The first kappa shape index (κ1) is 21.6. The van der Waals surface area contributed by atoms with Crippen molar-refractivity contribution in [2.24, 2.45) is 0 Å². The van der Waals surface area contributed by atoms with Gasteiger partial charge in [-0.3, -0.25) is 14.5 Å². The second kappa shape index (κ2) is 8.16. The smallest absolute Gasteiger partial charge is 0.416 e. The molecule has 0 radical (unpaired) electrons. The van der Waals surface area contributed by atoms with Crippen molar-refractivity contribution < 1.29 is 27.9 Å². The highest BCUT2D eigenvalue weighted by atomic mass is 35.5. The molecule has 32 heavy (non-hydrogen) atoms. The molecule has 0 saturated carbocycles. The fourth-order valence-electron chi connectivity index (χ4n) is 3.64. The largest absolute Gasteiger partial charge is 0.507 e. The highest BCUT2D eigenvalue weighted by Gasteiger charge is 2.47. The molecule has 1 amide bonds. The summed E-state index contributed by atoms with van der Waals surface area (Å²) in [5.41, 5.74) is -0.578. The van der Waals surface area contributed by atoms with Crippen LogP contribution >= 0.6 is 11.6 Å². The molecule has 3 aromatic carbocycles. The van der Waals surface area contributed by atoms with Gasteiger partial charge in [0, 0.05) is 16.3 Å². The third kappa shape index (κ3) is 3.87. The number of benzene rings is 3. The van der Waals surface area contributed by atoms with E-state index in [-0.39, 0.29) is 16.8 Å². The van der Waals surface area contributed by atoms with Crippen LogP contribution in [0, 0.1) is 0 Å². The van der Waals surface area contributed by atoms with E-state index in [1.807, 2.05) is 0 Å². The molecule has 0 spiro atoms. The fourth-order valence-corrected chi connectivity index (χ4v) is 3.77. The molecule has 1 aliphatic rings. The number of amides is 1. The Bertz CT molecular complexity index is 1220. The zero-order chi connectivity index (χ0) is 23.0. The standard InChI is InChI=1S/C24H15ClF3NO3/c25-17-11-9-15(10-12-17)21(30)19-20(14-5-2-1-3-6-14)29(23(32)22(19)31)18-8-4-7-16(13-18)24(26,27)28/h1-13,20,30H/b21-19+/t20-/m0/s1. The molecular weight excluding hydrogens is 443 g/mol. The molecule has 0 bridgehead atoms. The van der Waals surface area contributed by atoms with Crippen molar-refractivity contribution in [3.8, 4) is 0 Å². The van der Waals surface area contributed by atoms with Crippen molar-refractivity contribution in [1.82, 2.24) is 0 Å². The first-order valence-electron chi connectivity index (χ1n) is 9.47. The molecule has 1 fully saturated rings. The van der Waals surface area contributed by atoms with Crippen molar-refractivity contribution in [2.45, 2.75) is 12.2 Å². The first-order chi connectivity index (χ1) is 15.2. The molecule has 1 saturated heterocycles. The van der Waals surface area contributed by atoms with Crippen molar-refractivity contribution >= 4 is 34.7 Å². The van der Waals surface area contributed by atoms with Gasteiger partial charge in [-0.1, -0.05) is 48.0 Å². The summed E-state index contributed by atoms with van der Waals surface area (Å²) in [4.78, 5) is 26.9. The van der Waals surface area contributed by atoms with E-state index < -0.39 is 35.2 Å². The van der Waals surface area contributed by atoms with Gasteiger partial charge < -0.3 is 5.11 Å². The second-order valence-corrected chi connectivity index (χ2v) is 7.57. The predicted octanol–water partition coefficient (Wildman–Crippen LogP) is 5.99. The maximum Gasteiger partial charge on any atom is 0.416 e. The SMILES string of the molecule is O=C1C(=O)N(c2cccc(C(F)(F)F)c2)[C@@H](c2ccccc2)/C1=C(\O)c1ccc(Cl)cc1. The Morgan fingerprint density at radius 2 is 1.56 bits per heavy atom. The number of anilines is 1. The number of carbonyl (C=O) groups is 2. The van der Waals surface area contributed by atoms with Gasteiger partial charge in [-0.25, -0.2) is 0 Å². The Balaban J connectivity index is 1.93. The molecule has 0 aromatic heterocycles. The molecule has 8 heteroatoms. The van der Waals surface area contributed by atoms with Crippen LogP contribution in [0.1, 0.15) is 22.7 Å².